The lowest BCUT2D eigenvalue weighted by molar-refractivity contribution is 0.112. The minimum absolute atomic E-state index is 0.490. The van der Waals surface area contributed by atoms with Gasteiger partial charge in [0.05, 0.1) is 0 Å². The maximum Gasteiger partial charge on any atom is 0.150 e. The van der Waals surface area contributed by atoms with Crippen molar-refractivity contribution in [1.82, 2.24) is 5.32 Å². The second kappa shape index (κ2) is 4.38. The number of hydrogen-bond acceptors (Lipinski definition) is 2. The van der Waals surface area contributed by atoms with Crippen molar-refractivity contribution in [2.75, 3.05) is 6.54 Å². The van der Waals surface area contributed by atoms with Crippen molar-refractivity contribution >= 4 is 6.29 Å². The van der Waals surface area contributed by atoms with Crippen molar-refractivity contribution in [3.8, 4) is 0 Å². The van der Waals surface area contributed by atoms with Crippen molar-refractivity contribution in [3.63, 3.8) is 0 Å². The van der Waals surface area contributed by atoms with Gasteiger partial charge in [0.1, 0.15) is 6.29 Å². The van der Waals surface area contributed by atoms with Crippen LogP contribution in [0.1, 0.15) is 41.2 Å². The quantitative estimate of drug-likeness (QED) is 0.723. The molecule has 1 heterocycles. The number of piperidine rings is 1. The molecule has 1 fully saturated rings. The van der Waals surface area contributed by atoms with E-state index in [2.05, 4.69) is 5.32 Å². The highest BCUT2D eigenvalue weighted by Gasteiger charge is 2.13. The molecule has 0 spiro atoms. The molecule has 2 rings (SSSR count). The molecule has 0 aromatic heterocycles. The number of aldehydes is 1. The lowest BCUT2D eigenvalue weighted by Gasteiger charge is -2.23. The van der Waals surface area contributed by atoms with Gasteiger partial charge in [-0.1, -0.05) is 30.7 Å². The van der Waals surface area contributed by atoms with Gasteiger partial charge in [-0.15, -0.1) is 0 Å². The summed E-state index contributed by atoms with van der Waals surface area (Å²) in [5.41, 5.74) is 2.06. The predicted octanol–water partition coefficient (Wildman–Crippen LogP) is 2.31. The molecule has 74 valence electrons. The van der Waals surface area contributed by atoms with Gasteiger partial charge in [0, 0.05) is 11.6 Å². The van der Waals surface area contributed by atoms with Crippen molar-refractivity contribution in [2.24, 2.45) is 0 Å². The number of carbonyl (C=O) groups excluding carboxylic acids is 1. The summed E-state index contributed by atoms with van der Waals surface area (Å²) in [5, 5.41) is 3.48. The second-order valence-corrected chi connectivity index (χ2v) is 3.79. The van der Waals surface area contributed by atoms with Crippen LogP contribution in [0.4, 0.5) is 0 Å². The van der Waals surface area contributed by atoms with Crippen molar-refractivity contribution in [2.45, 2.75) is 25.3 Å². The Morgan fingerprint density at radius 3 is 2.57 bits per heavy atom. The zero-order valence-electron chi connectivity index (χ0n) is 8.20. The van der Waals surface area contributed by atoms with E-state index in [4.69, 9.17) is 0 Å². The maximum atomic E-state index is 10.5. The molecular formula is C12H15NO. The summed E-state index contributed by atoms with van der Waals surface area (Å²) in [7, 11) is 0. The molecule has 0 aliphatic carbocycles. The second-order valence-electron chi connectivity index (χ2n) is 3.79. The summed E-state index contributed by atoms with van der Waals surface area (Å²) >= 11 is 0. The van der Waals surface area contributed by atoms with Crippen molar-refractivity contribution < 1.29 is 4.79 Å². The smallest absolute Gasteiger partial charge is 0.150 e. The van der Waals surface area contributed by atoms with Crippen LogP contribution < -0.4 is 5.32 Å². The Bertz CT molecular complexity index is 299. The van der Waals surface area contributed by atoms with E-state index in [0.29, 0.717) is 6.04 Å². The Kier molecular flexibility index (Phi) is 2.94. The zero-order valence-corrected chi connectivity index (χ0v) is 8.20. The van der Waals surface area contributed by atoms with E-state index in [1.54, 1.807) is 0 Å². The monoisotopic (exact) mass is 189 g/mol. The van der Waals surface area contributed by atoms with Crippen LogP contribution in [-0.2, 0) is 0 Å². The van der Waals surface area contributed by atoms with Crippen LogP contribution in [0.15, 0.2) is 24.3 Å². The summed E-state index contributed by atoms with van der Waals surface area (Å²) < 4.78 is 0. The fraction of sp³-hybridized carbons (Fsp3) is 0.417. The fourth-order valence-electron chi connectivity index (χ4n) is 1.94. The molecule has 0 radical (unpaired) electrons. The first-order valence-electron chi connectivity index (χ1n) is 5.18. The van der Waals surface area contributed by atoms with Gasteiger partial charge in [-0.05, 0) is 24.9 Å². The normalized spacial score (nSPS) is 21.9. The van der Waals surface area contributed by atoms with Crippen LogP contribution in [-0.4, -0.2) is 12.8 Å². The van der Waals surface area contributed by atoms with Crippen molar-refractivity contribution in [1.29, 1.82) is 0 Å². The third kappa shape index (κ3) is 2.02. The summed E-state index contributed by atoms with van der Waals surface area (Å²) in [4.78, 5) is 10.5. The summed E-state index contributed by atoms with van der Waals surface area (Å²) in [6, 6.07) is 8.36. The van der Waals surface area contributed by atoms with Crippen LogP contribution in [0, 0.1) is 0 Å². The molecule has 1 unspecified atom stereocenters. The van der Waals surface area contributed by atoms with Gasteiger partial charge in [-0.2, -0.15) is 0 Å². The average molecular weight is 189 g/mol. The minimum atomic E-state index is 0.490. The highest BCUT2D eigenvalue weighted by molar-refractivity contribution is 5.74. The first kappa shape index (κ1) is 9.41. The number of carbonyl (C=O) groups is 1. The van der Waals surface area contributed by atoms with Crippen LogP contribution >= 0.6 is 0 Å². The summed E-state index contributed by atoms with van der Waals surface area (Å²) in [6.45, 7) is 1.11. The fourth-order valence-corrected chi connectivity index (χ4v) is 1.94. The molecule has 1 aliphatic rings. The molecule has 0 amide bonds. The molecule has 2 heteroatoms. The van der Waals surface area contributed by atoms with E-state index in [9.17, 15) is 4.79 Å². The van der Waals surface area contributed by atoms with E-state index >= 15 is 0 Å². The first-order chi connectivity index (χ1) is 6.90. The third-order valence-electron chi connectivity index (χ3n) is 2.79. The van der Waals surface area contributed by atoms with E-state index in [0.717, 1.165) is 18.4 Å². The molecule has 0 bridgehead atoms. The van der Waals surface area contributed by atoms with Gasteiger partial charge in [-0.3, -0.25) is 4.79 Å². The van der Waals surface area contributed by atoms with Gasteiger partial charge < -0.3 is 5.32 Å². The molecule has 1 atom stereocenters. The zero-order chi connectivity index (χ0) is 9.80. The number of nitrogens with one attached hydrogen (secondary N) is 1. The van der Waals surface area contributed by atoms with E-state index in [1.165, 1.54) is 24.8 Å². The maximum absolute atomic E-state index is 10.5. The van der Waals surface area contributed by atoms with Gasteiger partial charge >= 0.3 is 0 Å². The Morgan fingerprint density at radius 2 is 2.00 bits per heavy atom. The van der Waals surface area contributed by atoms with Crippen LogP contribution in [0.2, 0.25) is 0 Å². The molecule has 0 saturated carbocycles. The molecule has 14 heavy (non-hydrogen) atoms. The topological polar surface area (TPSA) is 29.1 Å². The lowest BCUT2D eigenvalue weighted by atomic mass is 9.97. The molecule has 1 N–H and O–H groups in total. The first-order valence-corrected chi connectivity index (χ1v) is 5.18. The van der Waals surface area contributed by atoms with Crippen LogP contribution in [0.3, 0.4) is 0 Å². The Hall–Kier alpha value is -1.15. The molecule has 1 aromatic rings. The third-order valence-corrected chi connectivity index (χ3v) is 2.79. The lowest BCUT2D eigenvalue weighted by Crippen LogP contribution is -2.26. The summed E-state index contributed by atoms with van der Waals surface area (Å²) in [6.07, 6.45) is 4.68. The van der Waals surface area contributed by atoms with Gasteiger partial charge in [-0.25, -0.2) is 0 Å². The largest absolute Gasteiger partial charge is 0.310 e. The van der Waals surface area contributed by atoms with E-state index < -0.39 is 0 Å². The van der Waals surface area contributed by atoms with Crippen LogP contribution in [0.5, 0.6) is 0 Å². The number of rotatable bonds is 2. The number of hydrogen-bond donors (Lipinski definition) is 1. The number of benzene rings is 1. The molecule has 2 nitrogen and oxygen atoms in total. The Morgan fingerprint density at radius 1 is 1.21 bits per heavy atom. The Labute approximate surface area is 84.3 Å². The van der Waals surface area contributed by atoms with E-state index in [1.807, 2.05) is 24.3 Å². The van der Waals surface area contributed by atoms with Gasteiger partial charge in [0.25, 0.3) is 0 Å². The highest BCUT2D eigenvalue weighted by atomic mass is 16.1. The molecule has 1 saturated heterocycles. The highest BCUT2D eigenvalue weighted by Crippen LogP contribution is 2.22. The average Bonchev–Trinajstić information content (AvgIpc) is 2.30. The van der Waals surface area contributed by atoms with Crippen molar-refractivity contribution in [3.05, 3.63) is 35.4 Å². The molecular weight excluding hydrogens is 174 g/mol. The Balaban J connectivity index is 2.11. The van der Waals surface area contributed by atoms with Gasteiger partial charge in [0.2, 0.25) is 0 Å². The van der Waals surface area contributed by atoms with Gasteiger partial charge in [0.15, 0.2) is 0 Å². The SMILES string of the molecule is O=Cc1ccc(C2CCCCN2)cc1. The predicted molar refractivity (Wildman–Crippen MR) is 56.4 cm³/mol. The van der Waals surface area contributed by atoms with E-state index in [-0.39, 0.29) is 0 Å². The molecule has 1 aromatic carbocycles. The molecule has 1 aliphatic heterocycles. The standard InChI is InChI=1S/C12H15NO/c14-9-10-4-6-11(7-5-10)12-3-1-2-8-13-12/h4-7,9,12-13H,1-3,8H2. The summed E-state index contributed by atoms with van der Waals surface area (Å²) in [5.74, 6) is 0. The van der Waals surface area contributed by atoms with Crippen LogP contribution in [0.25, 0.3) is 0 Å². The minimum Gasteiger partial charge on any atom is -0.310 e.